The van der Waals surface area contributed by atoms with Crippen LogP contribution in [0, 0.1) is 5.41 Å². The average Bonchev–Trinajstić information content (AvgIpc) is 2.73. The van der Waals surface area contributed by atoms with E-state index in [1.54, 1.807) is 16.7 Å². The SMILES string of the molecule is CCOC(=O)CCN1CCCN(c2ccc(-c3ccc(C(=N)N)cc3)cc2)C1=O.Cl. The highest BCUT2D eigenvalue weighted by Crippen LogP contribution is 2.26. The molecule has 30 heavy (non-hydrogen) atoms. The first-order valence-corrected chi connectivity index (χ1v) is 9.76. The third-order valence-corrected chi connectivity index (χ3v) is 4.91. The highest BCUT2D eigenvalue weighted by Gasteiger charge is 2.27. The number of esters is 1. The quantitative estimate of drug-likeness (QED) is 0.398. The van der Waals surface area contributed by atoms with Crippen LogP contribution >= 0.6 is 12.4 Å². The number of amides is 2. The van der Waals surface area contributed by atoms with Gasteiger partial charge < -0.3 is 15.4 Å². The number of hydrogen-bond acceptors (Lipinski definition) is 4. The van der Waals surface area contributed by atoms with Crippen molar-refractivity contribution in [3.63, 3.8) is 0 Å². The molecule has 2 amide bonds. The maximum atomic E-state index is 12.8. The molecule has 7 nitrogen and oxygen atoms in total. The zero-order valence-corrected chi connectivity index (χ0v) is 17.8. The van der Waals surface area contributed by atoms with Crippen LogP contribution in [0.2, 0.25) is 0 Å². The zero-order valence-electron chi connectivity index (χ0n) is 17.0. The fourth-order valence-corrected chi connectivity index (χ4v) is 3.36. The molecule has 0 unspecified atom stereocenters. The molecular weight excluding hydrogens is 404 g/mol. The number of nitrogen functional groups attached to an aromatic ring is 1. The molecule has 160 valence electrons. The summed E-state index contributed by atoms with van der Waals surface area (Å²) in [7, 11) is 0. The molecule has 3 rings (SSSR count). The van der Waals surface area contributed by atoms with Crippen molar-refractivity contribution in [2.45, 2.75) is 19.8 Å². The van der Waals surface area contributed by atoms with Crippen LogP contribution in [0.4, 0.5) is 10.5 Å². The number of carbonyl (C=O) groups is 2. The van der Waals surface area contributed by atoms with Gasteiger partial charge in [0.1, 0.15) is 5.84 Å². The minimum absolute atomic E-state index is 0. The van der Waals surface area contributed by atoms with Crippen molar-refractivity contribution in [3.8, 4) is 11.1 Å². The van der Waals surface area contributed by atoms with Crippen LogP contribution in [0.1, 0.15) is 25.3 Å². The number of urea groups is 1. The van der Waals surface area contributed by atoms with Gasteiger partial charge in [-0.15, -0.1) is 12.4 Å². The fraction of sp³-hybridized carbons (Fsp3) is 0.318. The van der Waals surface area contributed by atoms with Gasteiger partial charge >= 0.3 is 12.0 Å². The molecule has 0 spiro atoms. The zero-order chi connectivity index (χ0) is 20.8. The molecule has 0 aromatic heterocycles. The van der Waals surface area contributed by atoms with E-state index in [1.165, 1.54) is 0 Å². The third-order valence-electron chi connectivity index (χ3n) is 4.91. The van der Waals surface area contributed by atoms with Crippen molar-refractivity contribution in [2.75, 3.05) is 31.1 Å². The number of anilines is 1. The van der Waals surface area contributed by atoms with Crippen LogP contribution in [0.5, 0.6) is 0 Å². The number of ether oxygens (including phenoxy) is 1. The first kappa shape index (κ1) is 23.2. The summed E-state index contributed by atoms with van der Waals surface area (Å²) in [5.41, 5.74) is 9.06. The van der Waals surface area contributed by atoms with Gasteiger partial charge in [0.05, 0.1) is 13.0 Å². The van der Waals surface area contributed by atoms with Gasteiger partial charge in [-0.2, -0.15) is 0 Å². The monoisotopic (exact) mass is 430 g/mol. The topological polar surface area (TPSA) is 99.7 Å². The lowest BCUT2D eigenvalue weighted by Crippen LogP contribution is -2.50. The normalized spacial score (nSPS) is 13.6. The van der Waals surface area contributed by atoms with E-state index in [0.29, 0.717) is 31.8 Å². The number of hydrogen-bond donors (Lipinski definition) is 2. The Morgan fingerprint density at radius 2 is 1.67 bits per heavy atom. The van der Waals surface area contributed by atoms with E-state index in [9.17, 15) is 9.59 Å². The van der Waals surface area contributed by atoms with E-state index in [-0.39, 0.29) is 36.7 Å². The van der Waals surface area contributed by atoms with Gasteiger partial charge in [0.25, 0.3) is 0 Å². The van der Waals surface area contributed by atoms with Crippen LogP contribution in [0.15, 0.2) is 48.5 Å². The lowest BCUT2D eigenvalue weighted by molar-refractivity contribution is -0.143. The second-order valence-electron chi connectivity index (χ2n) is 6.87. The van der Waals surface area contributed by atoms with Gasteiger partial charge in [0.2, 0.25) is 0 Å². The minimum Gasteiger partial charge on any atom is -0.466 e. The molecular formula is C22H27ClN4O3. The molecule has 0 radical (unpaired) electrons. The molecule has 1 heterocycles. The van der Waals surface area contributed by atoms with Gasteiger partial charge in [-0.1, -0.05) is 36.4 Å². The molecule has 0 bridgehead atoms. The van der Waals surface area contributed by atoms with Crippen molar-refractivity contribution in [2.24, 2.45) is 5.73 Å². The molecule has 1 aliphatic heterocycles. The van der Waals surface area contributed by atoms with E-state index in [0.717, 1.165) is 23.2 Å². The van der Waals surface area contributed by atoms with Crippen LogP contribution < -0.4 is 10.6 Å². The van der Waals surface area contributed by atoms with E-state index >= 15 is 0 Å². The Morgan fingerprint density at radius 1 is 1.07 bits per heavy atom. The highest BCUT2D eigenvalue weighted by atomic mass is 35.5. The Bertz CT molecular complexity index is 884. The summed E-state index contributed by atoms with van der Waals surface area (Å²) in [6.07, 6.45) is 1.06. The Balaban J connectivity index is 0.00000320. The second-order valence-corrected chi connectivity index (χ2v) is 6.87. The van der Waals surface area contributed by atoms with E-state index in [2.05, 4.69) is 0 Å². The van der Waals surface area contributed by atoms with Crippen LogP contribution in [0.3, 0.4) is 0 Å². The number of nitrogens with two attached hydrogens (primary N) is 1. The van der Waals surface area contributed by atoms with E-state index < -0.39 is 0 Å². The van der Waals surface area contributed by atoms with Crippen LogP contribution in [-0.2, 0) is 9.53 Å². The maximum absolute atomic E-state index is 12.8. The predicted molar refractivity (Wildman–Crippen MR) is 120 cm³/mol. The molecule has 0 atom stereocenters. The van der Waals surface area contributed by atoms with Crippen LogP contribution in [0.25, 0.3) is 11.1 Å². The molecule has 2 aromatic carbocycles. The van der Waals surface area contributed by atoms with Gasteiger partial charge in [0, 0.05) is 30.9 Å². The van der Waals surface area contributed by atoms with E-state index in [4.69, 9.17) is 15.9 Å². The van der Waals surface area contributed by atoms with Gasteiger partial charge in [-0.25, -0.2) is 4.79 Å². The molecule has 3 N–H and O–H groups in total. The van der Waals surface area contributed by atoms with Crippen molar-refractivity contribution in [1.29, 1.82) is 5.41 Å². The minimum atomic E-state index is -0.280. The smallest absolute Gasteiger partial charge is 0.324 e. The van der Waals surface area contributed by atoms with E-state index in [1.807, 2.05) is 48.5 Å². The summed E-state index contributed by atoms with van der Waals surface area (Å²) >= 11 is 0. The summed E-state index contributed by atoms with van der Waals surface area (Å²) in [5, 5.41) is 7.47. The van der Waals surface area contributed by atoms with Crippen molar-refractivity contribution >= 4 is 35.9 Å². The average molecular weight is 431 g/mol. The summed E-state index contributed by atoms with van der Waals surface area (Å²) in [4.78, 5) is 27.9. The van der Waals surface area contributed by atoms with Gasteiger partial charge in [-0.05, 0) is 36.6 Å². The number of nitrogens with one attached hydrogen (secondary N) is 1. The summed E-state index contributed by atoms with van der Waals surface area (Å²) in [6.45, 7) is 3.79. The lowest BCUT2D eigenvalue weighted by Gasteiger charge is -2.35. The van der Waals surface area contributed by atoms with Crippen LogP contribution in [-0.4, -0.2) is 49.0 Å². The van der Waals surface area contributed by atoms with Crippen molar-refractivity contribution < 1.29 is 14.3 Å². The molecule has 1 fully saturated rings. The molecule has 2 aromatic rings. The number of benzene rings is 2. The first-order valence-electron chi connectivity index (χ1n) is 9.76. The largest absolute Gasteiger partial charge is 0.466 e. The van der Waals surface area contributed by atoms with Crippen molar-refractivity contribution in [1.82, 2.24) is 4.90 Å². The Morgan fingerprint density at radius 3 is 2.23 bits per heavy atom. The van der Waals surface area contributed by atoms with Crippen molar-refractivity contribution in [3.05, 3.63) is 54.1 Å². The molecule has 8 heteroatoms. The number of rotatable bonds is 7. The first-order chi connectivity index (χ1) is 14.0. The standard InChI is InChI=1S/C22H26N4O3.ClH/c1-2-29-20(27)12-15-25-13-3-14-26(22(25)28)19-10-8-17(9-11-19)16-4-6-18(7-5-16)21(23)24;/h4-11H,2-3,12-15H2,1H3,(H3,23,24);1H. The molecule has 1 aliphatic rings. The number of halogens is 1. The maximum Gasteiger partial charge on any atom is 0.324 e. The van der Waals surface area contributed by atoms with Gasteiger partial charge in [0.15, 0.2) is 0 Å². The second kappa shape index (κ2) is 10.6. The summed E-state index contributed by atoms with van der Waals surface area (Å²) in [6, 6.07) is 15.2. The van der Waals surface area contributed by atoms with Gasteiger partial charge in [-0.3, -0.25) is 15.1 Å². The number of nitrogens with zero attached hydrogens (tertiary/aromatic N) is 2. The predicted octanol–water partition coefficient (Wildman–Crippen LogP) is 3.64. The molecule has 1 saturated heterocycles. The fourth-order valence-electron chi connectivity index (χ4n) is 3.36. The summed E-state index contributed by atoms with van der Waals surface area (Å²) in [5.74, 6) is -0.236. The third kappa shape index (κ3) is 5.51. The lowest BCUT2D eigenvalue weighted by atomic mass is 10.0. The molecule has 0 aliphatic carbocycles. The number of carbonyl (C=O) groups excluding carboxylic acids is 2. The summed E-state index contributed by atoms with van der Waals surface area (Å²) < 4.78 is 4.95. The Labute approximate surface area is 182 Å². The Kier molecular flexibility index (Phi) is 8.24. The number of amidine groups is 1. The molecule has 0 saturated carbocycles. The Hall–Kier alpha value is -3.06. The highest BCUT2D eigenvalue weighted by molar-refractivity contribution is 5.95.